The second-order valence-electron chi connectivity index (χ2n) is 5.56. The molecule has 3 rings (SSSR count). The zero-order chi connectivity index (χ0) is 19.6. The van der Waals surface area contributed by atoms with Crippen LogP contribution in [0.4, 0.5) is 5.69 Å². The predicted molar refractivity (Wildman–Crippen MR) is 113 cm³/mol. The van der Waals surface area contributed by atoms with Gasteiger partial charge in [-0.15, -0.1) is 0 Å². The van der Waals surface area contributed by atoms with Gasteiger partial charge in [0.1, 0.15) is 11.3 Å². The molecule has 0 atom stereocenters. The van der Waals surface area contributed by atoms with E-state index >= 15 is 0 Å². The van der Waals surface area contributed by atoms with Crippen LogP contribution in [0.3, 0.4) is 0 Å². The number of halogens is 2. The second-order valence-corrected chi connectivity index (χ2v) is 7.27. The molecule has 0 spiro atoms. The number of nitrogens with one attached hydrogen (secondary N) is 1. The van der Waals surface area contributed by atoms with Crippen molar-refractivity contribution < 1.29 is 14.3 Å². The lowest BCUT2D eigenvalue weighted by molar-refractivity contribution is -0.122. The fourth-order valence-corrected chi connectivity index (χ4v) is 3.32. The Hall–Kier alpha value is -2.22. The SMILES string of the molecule is CCOc1ccc(C=C2C(=O)NC(=S)N(c3ccc(Br)cc3)C2=O)cc1Cl. The fourth-order valence-electron chi connectivity index (χ4n) is 2.53. The van der Waals surface area contributed by atoms with E-state index < -0.39 is 11.8 Å². The zero-order valence-electron chi connectivity index (χ0n) is 14.2. The maximum atomic E-state index is 12.9. The number of amides is 2. The highest BCUT2D eigenvalue weighted by molar-refractivity contribution is 9.10. The smallest absolute Gasteiger partial charge is 0.270 e. The van der Waals surface area contributed by atoms with Crippen LogP contribution in [-0.4, -0.2) is 23.5 Å². The summed E-state index contributed by atoms with van der Waals surface area (Å²) in [4.78, 5) is 26.5. The number of anilines is 1. The van der Waals surface area contributed by atoms with Crippen molar-refractivity contribution in [2.24, 2.45) is 0 Å². The third kappa shape index (κ3) is 4.21. The summed E-state index contributed by atoms with van der Waals surface area (Å²) in [5.41, 5.74) is 1.13. The van der Waals surface area contributed by atoms with E-state index in [4.69, 9.17) is 28.6 Å². The van der Waals surface area contributed by atoms with Crippen molar-refractivity contribution in [3.05, 3.63) is 63.1 Å². The first-order chi connectivity index (χ1) is 12.9. The van der Waals surface area contributed by atoms with Gasteiger partial charge in [0.15, 0.2) is 5.11 Å². The van der Waals surface area contributed by atoms with Crippen molar-refractivity contribution in [2.75, 3.05) is 11.5 Å². The molecule has 1 aliphatic heterocycles. The van der Waals surface area contributed by atoms with E-state index in [1.165, 1.54) is 11.0 Å². The third-order valence-corrected chi connectivity index (χ3v) is 4.86. The fraction of sp³-hybridized carbons (Fsp3) is 0.105. The molecule has 138 valence electrons. The summed E-state index contributed by atoms with van der Waals surface area (Å²) in [7, 11) is 0. The van der Waals surface area contributed by atoms with Crippen LogP contribution in [0.5, 0.6) is 5.75 Å². The molecule has 0 aliphatic carbocycles. The number of nitrogens with zero attached hydrogens (tertiary/aromatic N) is 1. The molecule has 8 heteroatoms. The van der Waals surface area contributed by atoms with Crippen LogP contribution >= 0.6 is 39.7 Å². The number of benzene rings is 2. The van der Waals surface area contributed by atoms with E-state index in [1.807, 2.05) is 6.92 Å². The molecule has 2 aromatic carbocycles. The van der Waals surface area contributed by atoms with Crippen molar-refractivity contribution in [2.45, 2.75) is 6.92 Å². The average molecular weight is 466 g/mol. The maximum absolute atomic E-state index is 12.9. The van der Waals surface area contributed by atoms with Crippen molar-refractivity contribution >= 4 is 68.4 Å². The summed E-state index contributed by atoms with van der Waals surface area (Å²) in [6.07, 6.45) is 1.48. The highest BCUT2D eigenvalue weighted by Gasteiger charge is 2.34. The van der Waals surface area contributed by atoms with E-state index in [1.54, 1.807) is 42.5 Å². The molecule has 1 aliphatic rings. The van der Waals surface area contributed by atoms with Crippen LogP contribution in [0.2, 0.25) is 5.02 Å². The number of ether oxygens (including phenoxy) is 1. The molecule has 0 bridgehead atoms. The summed E-state index contributed by atoms with van der Waals surface area (Å²) >= 11 is 14.7. The van der Waals surface area contributed by atoms with E-state index in [-0.39, 0.29) is 10.7 Å². The third-order valence-electron chi connectivity index (χ3n) is 3.75. The first kappa shape index (κ1) is 19.5. The molecule has 1 N–H and O–H groups in total. The minimum absolute atomic E-state index is 0.0354. The number of hydrogen-bond acceptors (Lipinski definition) is 4. The van der Waals surface area contributed by atoms with E-state index in [2.05, 4.69) is 21.2 Å². The van der Waals surface area contributed by atoms with Crippen LogP contribution in [-0.2, 0) is 9.59 Å². The van der Waals surface area contributed by atoms with Gasteiger partial charge in [-0.2, -0.15) is 0 Å². The second kappa shape index (κ2) is 8.21. The van der Waals surface area contributed by atoms with Gasteiger partial charge in [0, 0.05) is 4.47 Å². The molecule has 0 saturated carbocycles. The lowest BCUT2D eigenvalue weighted by atomic mass is 10.1. The molecule has 5 nitrogen and oxygen atoms in total. The van der Waals surface area contributed by atoms with Gasteiger partial charge in [0.25, 0.3) is 11.8 Å². The van der Waals surface area contributed by atoms with Crippen molar-refractivity contribution in [3.8, 4) is 5.75 Å². The maximum Gasteiger partial charge on any atom is 0.270 e. The minimum atomic E-state index is -0.552. The van der Waals surface area contributed by atoms with Gasteiger partial charge in [-0.25, -0.2) is 0 Å². The highest BCUT2D eigenvalue weighted by atomic mass is 79.9. The molecule has 0 unspecified atom stereocenters. The Morgan fingerprint density at radius 2 is 1.93 bits per heavy atom. The molecule has 2 amide bonds. The van der Waals surface area contributed by atoms with Gasteiger partial charge in [0.05, 0.1) is 17.3 Å². The van der Waals surface area contributed by atoms with Crippen LogP contribution in [0.1, 0.15) is 12.5 Å². The van der Waals surface area contributed by atoms with Gasteiger partial charge in [-0.1, -0.05) is 33.6 Å². The first-order valence-corrected chi connectivity index (χ1v) is 9.58. The normalized spacial score (nSPS) is 15.9. The molecular formula is C19H14BrClN2O3S. The molecular weight excluding hydrogens is 452 g/mol. The Balaban J connectivity index is 1.96. The first-order valence-electron chi connectivity index (χ1n) is 8.00. The summed E-state index contributed by atoms with van der Waals surface area (Å²) in [5, 5.41) is 2.98. The van der Waals surface area contributed by atoms with Crippen LogP contribution < -0.4 is 15.0 Å². The van der Waals surface area contributed by atoms with Gasteiger partial charge < -0.3 is 4.74 Å². The summed E-state index contributed by atoms with van der Waals surface area (Å²) < 4.78 is 6.26. The number of carbonyl (C=O) groups excluding carboxylic acids is 2. The monoisotopic (exact) mass is 464 g/mol. The predicted octanol–water partition coefficient (Wildman–Crippen LogP) is 4.33. The van der Waals surface area contributed by atoms with E-state index in [9.17, 15) is 9.59 Å². The number of carbonyl (C=O) groups is 2. The molecule has 0 aromatic heterocycles. The largest absolute Gasteiger partial charge is 0.492 e. The summed E-state index contributed by atoms with van der Waals surface area (Å²) in [5.74, 6) is -0.516. The molecule has 1 heterocycles. The highest BCUT2D eigenvalue weighted by Crippen LogP contribution is 2.28. The van der Waals surface area contributed by atoms with Gasteiger partial charge in [-0.3, -0.25) is 19.8 Å². The van der Waals surface area contributed by atoms with Gasteiger partial charge >= 0.3 is 0 Å². The Labute approximate surface area is 175 Å². The summed E-state index contributed by atoms with van der Waals surface area (Å²) in [6.45, 7) is 2.34. The van der Waals surface area contributed by atoms with Gasteiger partial charge in [-0.05, 0) is 67.2 Å². The quantitative estimate of drug-likeness (QED) is 0.415. The Kier molecular flexibility index (Phi) is 5.94. The Bertz CT molecular complexity index is 960. The minimum Gasteiger partial charge on any atom is -0.492 e. The van der Waals surface area contributed by atoms with E-state index in [0.29, 0.717) is 28.6 Å². The van der Waals surface area contributed by atoms with E-state index in [0.717, 1.165) is 4.47 Å². The Morgan fingerprint density at radius 1 is 1.22 bits per heavy atom. The van der Waals surface area contributed by atoms with Crippen molar-refractivity contribution in [1.29, 1.82) is 0 Å². The molecule has 27 heavy (non-hydrogen) atoms. The number of thiocarbonyl (C=S) groups is 1. The summed E-state index contributed by atoms with van der Waals surface area (Å²) in [6, 6.07) is 12.1. The molecule has 1 saturated heterocycles. The van der Waals surface area contributed by atoms with Gasteiger partial charge in [0.2, 0.25) is 0 Å². The standard InChI is InChI=1S/C19H14BrClN2O3S/c1-2-26-16-8-3-11(10-15(16)21)9-14-17(24)22-19(27)23(18(14)25)13-6-4-12(20)5-7-13/h3-10H,2H2,1H3,(H,22,24,27). The molecule has 1 fully saturated rings. The molecule has 2 aromatic rings. The lowest BCUT2D eigenvalue weighted by Crippen LogP contribution is -2.54. The van der Waals surface area contributed by atoms with Crippen LogP contribution in [0.15, 0.2) is 52.5 Å². The van der Waals surface area contributed by atoms with Crippen molar-refractivity contribution in [1.82, 2.24) is 5.32 Å². The average Bonchev–Trinajstić information content (AvgIpc) is 2.62. The zero-order valence-corrected chi connectivity index (χ0v) is 17.3. The number of hydrogen-bond donors (Lipinski definition) is 1. The lowest BCUT2D eigenvalue weighted by Gasteiger charge is -2.29. The molecule has 0 radical (unpaired) electrons. The van der Waals surface area contributed by atoms with Crippen LogP contribution in [0.25, 0.3) is 6.08 Å². The van der Waals surface area contributed by atoms with Crippen LogP contribution in [0, 0.1) is 0 Å². The number of rotatable bonds is 4. The topological polar surface area (TPSA) is 58.6 Å². The Morgan fingerprint density at radius 3 is 2.56 bits per heavy atom. The van der Waals surface area contributed by atoms with Crippen molar-refractivity contribution in [3.63, 3.8) is 0 Å².